The van der Waals surface area contributed by atoms with Crippen molar-refractivity contribution in [2.45, 2.75) is 26.3 Å². The first-order valence-electron chi connectivity index (χ1n) is 12.0. The van der Waals surface area contributed by atoms with Gasteiger partial charge in [0.2, 0.25) is 0 Å². The number of hydrogen-bond donors (Lipinski definition) is 1. The number of nitrogens with one attached hydrogen (secondary N) is 1. The molecule has 8 heteroatoms. The Morgan fingerprint density at radius 1 is 0.973 bits per heavy atom. The zero-order valence-corrected chi connectivity index (χ0v) is 22.6. The summed E-state index contributed by atoms with van der Waals surface area (Å²) < 4.78 is 22.1. The van der Waals surface area contributed by atoms with Crippen molar-refractivity contribution in [2.75, 3.05) is 39.8 Å². The van der Waals surface area contributed by atoms with E-state index in [9.17, 15) is 4.79 Å². The molecule has 0 radical (unpaired) electrons. The Hall–Kier alpha value is -3.78. The molecule has 4 rings (SSSR count). The van der Waals surface area contributed by atoms with E-state index < -0.39 is 0 Å². The van der Waals surface area contributed by atoms with Gasteiger partial charge in [-0.2, -0.15) is 0 Å². The van der Waals surface area contributed by atoms with Crippen molar-refractivity contribution in [1.82, 2.24) is 4.90 Å². The summed E-state index contributed by atoms with van der Waals surface area (Å²) in [6.07, 6.45) is 0.800. The van der Waals surface area contributed by atoms with Gasteiger partial charge in [0.05, 0.1) is 32.9 Å². The van der Waals surface area contributed by atoms with Crippen LogP contribution in [-0.2, 0) is 11.2 Å². The fourth-order valence-corrected chi connectivity index (χ4v) is 5.01. The van der Waals surface area contributed by atoms with Gasteiger partial charge in [-0.1, -0.05) is 6.07 Å². The van der Waals surface area contributed by atoms with E-state index in [-0.39, 0.29) is 12.0 Å². The summed E-state index contributed by atoms with van der Waals surface area (Å²) in [4.78, 5) is 13.9. The molecule has 0 bridgehead atoms. The molecule has 1 atom stereocenters. The predicted octanol–water partition coefficient (Wildman–Crippen LogP) is 5.48. The Labute approximate surface area is 223 Å². The minimum absolute atomic E-state index is 0.172. The lowest BCUT2D eigenvalue weighted by molar-refractivity contribution is 0.0600. The highest BCUT2D eigenvalue weighted by atomic mass is 32.1. The molecule has 0 aromatic heterocycles. The second-order valence-electron chi connectivity index (χ2n) is 9.00. The first-order valence-corrected chi connectivity index (χ1v) is 12.5. The van der Waals surface area contributed by atoms with Gasteiger partial charge in [-0.15, -0.1) is 0 Å². The molecule has 0 saturated heterocycles. The highest BCUT2D eigenvalue weighted by Crippen LogP contribution is 2.38. The van der Waals surface area contributed by atoms with Crippen LogP contribution in [0.4, 0.5) is 5.69 Å². The van der Waals surface area contributed by atoms with Crippen LogP contribution in [0.2, 0.25) is 0 Å². The molecule has 194 valence electrons. The zero-order chi connectivity index (χ0) is 26.5. The fraction of sp³-hybridized carbons (Fsp3) is 0.310. The fourth-order valence-electron chi connectivity index (χ4n) is 4.67. The quantitative estimate of drug-likeness (QED) is 0.324. The minimum Gasteiger partial charge on any atom is -0.493 e. The first kappa shape index (κ1) is 26.3. The maximum absolute atomic E-state index is 11.8. The van der Waals surface area contributed by atoms with Crippen LogP contribution in [0.25, 0.3) is 0 Å². The number of benzene rings is 3. The summed E-state index contributed by atoms with van der Waals surface area (Å²) in [7, 11) is 4.63. The van der Waals surface area contributed by atoms with Gasteiger partial charge in [0.1, 0.15) is 12.4 Å². The van der Waals surface area contributed by atoms with Gasteiger partial charge in [-0.05, 0) is 103 Å². The molecule has 1 aliphatic rings. The second kappa shape index (κ2) is 11.5. The first-order chi connectivity index (χ1) is 17.8. The normalized spacial score (nSPS) is 14.4. The number of hydrogen-bond acceptors (Lipinski definition) is 6. The van der Waals surface area contributed by atoms with Crippen molar-refractivity contribution in [3.05, 3.63) is 82.4 Å². The average molecular weight is 521 g/mol. The molecular weight excluding hydrogens is 488 g/mol. The Kier molecular flexibility index (Phi) is 8.18. The molecule has 0 saturated carbocycles. The van der Waals surface area contributed by atoms with Gasteiger partial charge in [-0.3, -0.25) is 0 Å². The second-order valence-corrected chi connectivity index (χ2v) is 9.39. The molecule has 1 N–H and O–H groups in total. The van der Waals surface area contributed by atoms with E-state index in [1.165, 1.54) is 18.2 Å². The maximum Gasteiger partial charge on any atom is 0.337 e. The highest BCUT2D eigenvalue weighted by Gasteiger charge is 2.31. The van der Waals surface area contributed by atoms with E-state index in [0.29, 0.717) is 41.1 Å². The topological polar surface area (TPSA) is 69.3 Å². The van der Waals surface area contributed by atoms with Gasteiger partial charge in [0.25, 0.3) is 0 Å². The number of esters is 1. The zero-order valence-electron chi connectivity index (χ0n) is 21.8. The van der Waals surface area contributed by atoms with E-state index >= 15 is 0 Å². The van der Waals surface area contributed by atoms with Crippen LogP contribution in [0.1, 0.15) is 38.7 Å². The predicted molar refractivity (Wildman–Crippen MR) is 148 cm³/mol. The molecule has 1 aliphatic heterocycles. The van der Waals surface area contributed by atoms with E-state index in [1.807, 2.05) is 12.1 Å². The summed E-state index contributed by atoms with van der Waals surface area (Å²) in [5.41, 5.74) is 5.99. The number of rotatable bonds is 7. The largest absolute Gasteiger partial charge is 0.493 e. The summed E-state index contributed by atoms with van der Waals surface area (Å²) >= 11 is 5.90. The lowest BCUT2D eigenvalue weighted by atomic mass is 9.92. The molecule has 0 amide bonds. The Balaban J connectivity index is 1.63. The number of nitrogens with zero attached hydrogens (tertiary/aromatic N) is 1. The minimum atomic E-state index is -0.386. The number of methoxy groups -OCH3 is 3. The molecule has 3 aromatic carbocycles. The number of thiocarbonyl (C=S) groups is 1. The van der Waals surface area contributed by atoms with Crippen molar-refractivity contribution in [2.24, 2.45) is 0 Å². The van der Waals surface area contributed by atoms with E-state index in [2.05, 4.69) is 42.3 Å². The van der Waals surface area contributed by atoms with Crippen LogP contribution in [-0.4, -0.2) is 50.5 Å². The standard InChI is InChI=1S/C29H32N2O5S/c1-18-12-19(2)14-22(13-18)30-29(37)31-11-10-21-15-26(33-3)27(34-4)16-24(21)25(31)17-36-23-8-6-20(7-9-23)28(32)35-5/h6-9,12-16,25H,10-11,17H2,1-5H3,(H,30,37)/t25-/m0/s1. The molecule has 7 nitrogen and oxygen atoms in total. The SMILES string of the molecule is COC(=O)c1ccc(OC[C@H]2c3cc(OC)c(OC)cc3CCN2C(=S)Nc2cc(C)cc(C)c2)cc1. The smallest absolute Gasteiger partial charge is 0.337 e. The van der Waals surface area contributed by atoms with E-state index in [1.54, 1.807) is 38.5 Å². The third kappa shape index (κ3) is 5.97. The van der Waals surface area contributed by atoms with Gasteiger partial charge in [0, 0.05) is 12.2 Å². The average Bonchev–Trinajstić information content (AvgIpc) is 2.89. The number of fused-ring (bicyclic) bond motifs is 1. The molecule has 0 fully saturated rings. The Morgan fingerprint density at radius 3 is 2.24 bits per heavy atom. The van der Waals surface area contributed by atoms with Crippen molar-refractivity contribution in [3.63, 3.8) is 0 Å². The van der Waals surface area contributed by atoms with Crippen molar-refractivity contribution >= 4 is 29.0 Å². The van der Waals surface area contributed by atoms with Crippen LogP contribution < -0.4 is 19.5 Å². The molecule has 0 aliphatic carbocycles. The van der Waals surface area contributed by atoms with Crippen LogP contribution in [0.3, 0.4) is 0 Å². The van der Waals surface area contributed by atoms with E-state index in [0.717, 1.165) is 23.2 Å². The number of ether oxygens (including phenoxy) is 4. The summed E-state index contributed by atoms with van der Waals surface area (Å²) in [6, 6.07) is 17.1. The summed E-state index contributed by atoms with van der Waals surface area (Å²) in [6.45, 7) is 5.20. The number of anilines is 1. The third-order valence-corrected chi connectivity index (χ3v) is 6.76. The number of aryl methyl sites for hydroxylation is 2. The lowest BCUT2D eigenvalue weighted by Gasteiger charge is -2.39. The number of carbonyl (C=O) groups is 1. The summed E-state index contributed by atoms with van der Waals surface area (Å²) in [5.74, 6) is 1.61. The number of carbonyl (C=O) groups excluding carboxylic acids is 1. The molecular formula is C29H32N2O5S. The van der Waals surface area contributed by atoms with Gasteiger partial charge >= 0.3 is 5.97 Å². The van der Waals surface area contributed by atoms with Gasteiger partial charge < -0.3 is 29.2 Å². The van der Waals surface area contributed by atoms with E-state index in [4.69, 9.17) is 31.2 Å². The van der Waals surface area contributed by atoms with Gasteiger partial charge in [0.15, 0.2) is 16.6 Å². The molecule has 37 heavy (non-hydrogen) atoms. The van der Waals surface area contributed by atoms with Gasteiger partial charge in [-0.25, -0.2) is 4.79 Å². The van der Waals surface area contributed by atoms with Crippen molar-refractivity contribution < 1.29 is 23.7 Å². The lowest BCUT2D eigenvalue weighted by Crippen LogP contribution is -2.44. The van der Waals surface area contributed by atoms with Crippen molar-refractivity contribution in [1.29, 1.82) is 0 Å². The molecule has 1 heterocycles. The monoisotopic (exact) mass is 520 g/mol. The Morgan fingerprint density at radius 2 is 1.62 bits per heavy atom. The highest BCUT2D eigenvalue weighted by molar-refractivity contribution is 7.80. The van der Waals surface area contributed by atoms with Crippen molar-refractivity contribution in [3.8, 4) is 17.2 Å². The van der Waals surface area contributed by atoms with Crippen LogP contribution >= 0.6 is 12.2 Å². The maximum atomic E-state index is 11.8. The molecule has 0 spiro atoms. The van der Waals surface area contributed by atoms with Crippen LogP contribution in [0, 0.1) is 13.8 Å². The molecule has 3 aromatic rings. The molecule has 0 unspecified atom stereocenters. The van der Waals surface area contributed by atoms with Crippen LogP contribution in [0.5, 0.6) is 17.2 Å². The Bertz CT molecular complexity index is 1270. The summed E-state index contributed by atoms with van der Waals surface area (Å²) in [5, 5.41) is 4.05. The third-order valence-electron chi connectivity index (χ3n) is 6.42. The van der Waals surface area contributed by atoms with Crippen LogP contribution in [0.15, 0.2) is 54.6 Å².